The Morgan fingerprint density at radius 2 is 1.86 bits per heavy atom. The van der Waals surface area contributed by atoms with Gasteiger partial charge in [-0.25, -0.2) is 4.98 Å². The third kappa shape index (κ3) is 4.53. The fraction of sp³-hybridized carbons (Fsp3) is 0.222. The van der Waals surface area contributed by atoms with Crippen molar-refractivity contribution in [3.8, 4) is 0 Å². The zero-order chi connectivity index (χ0) is 16.1. The van der Waals surface area contributed by atoms with Crippen LogP contribution < -0.4 is 5.32 Å². The standard InChI is InChI=1S/C18H19BrN2O/c1-12(2)15-7-4-14(5-8-15)6-11-18(22)21-17-10-9-16(19)13(3)20-17/h4-12H,1-3H3,(H,20,21,22). The van der Waals surface area contributed by atoms with Gasteiger partial charge in [0.2, 0.25) is 5.91 Å². The predicted molar refractivity (Wildman–Crippen MR) is 94.9 cm³/mol. The van der Waals surface area contributed by atoms with Gasteiger partial charge in [-0.2, -0.15) is 0 Å². The number of rotatable bonds is 4. The van der Waals surface area contributed by atoms with E-state index in [2.05, 4.69) is 52.2 Å². The van der Waals surface area contributed by atoms with Gasteiger partial charge in [0.15, 0.2) is 0 Å². The van der Waals surface area contributed by atoms with Crippen LogP contribution in [0.15, 0.2) is 46.9 Å². The Morgan fingerprint density at radius 1 is 1.18 bits per heavy atom. The number of nitrogens with zero attached hydrogens (tertiary/aromatic N) is 1. The molecule has 0 spiro atoms. The van der Waals surface area contributed by atoms with Gasteiger partial charge >= 0.3 is 0 Å². The zero-order valence-electron chi connectivity index (χ0n) is 12.9. The lowest BCUT2D eigenvalue weighted by Gasteiger charge is -2.05. The Balaban J connectivity index is 2.00. The second-order valence-corrected chi connectivity index (χ2v) is 6.26. The molecule has 0 aliphatic carbocycles. The Bertz CT molecular complexity index is 691. The maximum absolute atomic E-state index is 11.9. The Morgan fingerprint density at radius 3 is 2.45 bits per heavy atom. The van der Waals surface area contributed by atoms with Crippen LogP contribution in [-0.2, 0) is 4.79 Å². The van der Waals surface area contributed by atoms with Gasteiger partial charge in [-0.3, -0.25) is 4.79 Å². The van der Waals surface area contributed by atoms with Crippen LogP contribution in [0.25, 0.3) is 6.08 Å². The normalized spacial score (nSPS) is 11.1. The minimum atomic E-state index is -0.192. The van der Waals surface area contributed by atoms with Gasteiger partial charge in [0.25, 0.3) is 0 Å². The first-order valence-corrected chi connectivity index (χ1v) is 7.97. The number of aryl methyl sites for hydroxylation is 1. The molecule has 1 aromatic carbocycles. The highest BCUT2D eigenvalue weighted by Gasteiger charge is 2.02. The molecule has 114 valence electrons. The van der Waals surface area contributed by atoms with Crippen LogP contribution in [0.4, 0.5) is 5.82 Å². The molecule has 1 aromatic heterocycles. The van der Waals surface area contributed by atoms with E-state index in [4.69, 9.17) is 0 Å². The molecule has 4 heteroatoms. The lowest BCUT2D eigenvalue weighted by atomic mass is 10.0. The number of amides is 1. The predicted octanol–water partition coefficient (Wildman–Crippen LogP) is 4.93. The van der Waals surface area contributed by atoms with Gasteiger partial charge in [-0.05, 0) is 58.1 Å². The topological polar surface area (TPSA) is 42.0 Å². The molecule has 0 aliphatic rings. The quantitative estimate of drug-likeness (QED) is 0.787. The van der Waals surface area contributed by atoms with Crippen LogP contribution in [0.5, 0.6) is 0 Å². The fourth-order valence-corrected chi connectivity index (χ4v) is 2.17. The molecule has 0 atom stereocenters. The molecule has 0 fully saturated rings. The monoisotopic (exact) mass is 358 g/mol. The summed E-state index contributed by atoms with van der Waals surface area (Å²) in [5.74, 6) is 0.862. The largest absolute Gasteiger partial charge is 0.307 e. The van der Waals surface area contributed by atoms with Crippen molar-refractivity contribution in [2.75, 3.05) is 5.32 Å². The molecule has 0 saturated carbocycles. The Kier molecular flexibility index (Phi) is 5.50. The first kappa shape index (κ1) is 16.4. The summed E-state index contributed by atoms with van der Waals surface area (Å²) in [4.78, 5) is 16.2. The molecule has 1 heterocycles. The van der Waals surface area contributed by atoms with Crippen LogP contribution in [0.3, 0.4) is 0 Å². The van der Waals surface area contributed by atoms with Crippen LogP contribution >= 0.6 is 15.9 Å². The highest BCUT2D eigenvalue weighted by Crippen LogP contribution is 2.17. The Labute approximate surface area is 139 Å². The van der Waals surface area contributed by atoms with E-state index in [1.54, 1.807) is 12.1 Å². The van der Waals surface area contributed by atoms with Crippen LogP contribution in [0, 0.1) is 6.92 Å². The smallest absolute Gasteiger partial charge is 0.249 e. The highest BCUT2D eigenvalue weighted by molar-refractivity contribution is 9.10. The van der Waals surface area contributed by atoms with Crippen LogP contribution in [0.1, 0.15) is 36.6 Å². The minimum Gasteiger partial charge on any atom is -0.307 e. The van der Waals surface area contributed by atoms with Crippen molar-refractivity contribution in [3.63, 3.8) is 0 Å². The first-order valence-electron chi connectivity index (χ1n) is 7.18. The van der Waals surface area contributed by atoms with Crippen molar-refractivity contribution in [3.05, 3.63) is 63.8 Å². The van der Waals surface area contributed by atoms with Gasteiger partial charge in [-0.1, -0.05) is 38.1 Å². The van der Waals surface area contributed by atoms with Crippen molar-refractivity contribution < 1.29 is 4.79 Å². The number of nitrogens with one attached hydrogen (secondary N) is 1. The van der Waals surface area contributed by atoms with E-state index in [1.807, 2.05) is 25.1 Å². The minimum absolute atomic E-state index is 0.192. The van der Waals surface area contributed by atoms with Gasteiger partial charge in [0, 0.05) is 10.5 Å². The number of hydrogen-bond donors (Lipinski definition) is 1. The number of hydrogen-bond acceptors (Lipinski definition) is 2. The van der Waals surface area contributed by atoms with Gasteiger partial charge in [0.1, 0.15) is 5.82 Å². The molecule has 1 N–H and O–H groups in total. The summed E-state index contributed by atoms with van der Waals surface area (Å²) in [6.07, 6.45) is 3.31. The number of pyridine rings is 1. The van der Waals surface area contributed by atoms with Gasteiger partial charge in [0.05, 0.1) is 5.69 Å². The van der Waals surface area contributed by atoms with E-state index in [1.165, 1.54) is 11.6 Å². The molecule has 2 aromatic rings. The molecular weight excluding hydrogens is 340 g/mol. The maximum atomic E-state index is 11.9. The number of halogens is 1. The number of benzene rings is 1. The highest BCUT2D eigenvalue weighted by atomic mass is 79.9. The molecule has 1 amide bonds. The second-order valence-electron chi connectivity index (χ2n) is 5.41. The molecule has 0 radical (unpaired) electrons. The third-order valence-corrected chi connectivity index (χ3v) is 4.14. The lowest BCUT2D eigenvalue weighted by molar-refractivity contribution is -0.111. The number of carbonyl (C=O) groups excluding carboxylic acids is 1. The summed E-state index contributed by atoms with van der Waals surface area (Å²) in [6.45, 7) is 6.20. The van der Waals surface area contributed by atoms with Crippen LogP contribution in [-0.4, -0.2) is 10.9 Å². The molecule has 0 aliphatic heterocycles. The van der Waals surface area contributed by atoms with E-state index < -0.39 is 0 Å². The summed E-state index contributed by atoms with van der Waals surface area (Å²) in [7, 11) is 0. The number of aromatic nitrogens is 1. The molecule has 0 saturated heterocycles. The number of carbonyl (C=O) groups is 1. The summed E-state index contributed by atoms with van der Waals surface area (Å²) in [5, 5.41) is 2.75. The number of anilines is 1. The van der Waals surface area contributed by atoms with Crippen molar-refractivity contribution >= 4 is 33.7 Å². The third-order valence-electron chi connectivity index (χ3n) is 3.30. The Hall–Kier alpha value is -1.94. The van der Waals surface area contributed by atoms with E-state index in [0.29, 0.717) is 11.7 Å². The maximum Gasteiger partial charge on any atom is 0.249 e. The van der Waals surface area contributed by atoms with E-state index >= 15 is 0 Å². The molecule has 0 bridgehead atoms. The first-order chi connectivity index (χ1) is 10.5. The molecule has 2 rings (SSSR count). The average molecular weight is 359 g/mol. The zero-order valence-corrected chi connectivity index (χ0v) is 14.5. The van der Waals surface area contributed by atoms with E-state index in [9.17, 15) is 4.79 Å². The molecule has 3 nitrogen and oxygen atoms in total. The summed E-state index contributed by atoms with van der Waals surface area (Å²) >= 11 is 3.38. The second kappa shape index (κ2) is 7.36. The SMILES string of the molecule is Cc1nc(NC(=O)C=Cc2ccc(C(C)C)cc2)ccc1Br. The summed E-state index contributed by atoms with van der Waals surface area (Å²) < 4.78 is 0.922. The molecular formula is C18H19BrN2O. The van der Waals surface area contributed by atoms with Gasteiger partial charge < -0.3 is 5.32 Å². The van der Waals surface area contributed by atoms with E-state index in [0.717, 1.165) is 15.7 Å². The average Bonchev–Trinajstić information content (AvgIpc) is 2.49. The fourth-order valence-electron chi connectivity index (χ4n) is 1.95. The van der Waals surface area contributed by atoms with Crippen molar-refractivity contribution in [1.82, 2.24) is 4.98 Å². The van der Waals surface area contributed by atoms with Crippen molar-refractivity contribution in [2.24, 2.45) is 0 Å². The van der Waals surface area contributed by atoms with Crippen LogP contribution in [0.2, 0.25) is 0 Å². The van der Waals surface area contributed by atoms with Gasteiger partial charge in [-0.15, -0.1) is 0 Å². The van der Waals surface area contributed by atoms with Crippen molar-refractivity contribution in [2.45, 2.75) is 26.7 Å². The van der Waals surface area contributed by atoms with Crippen molar-refractivity contribution in [1.29, 1.82) is 0 Å². The molecule has 0 unspecified atom stereocenters. The summed E-state index contributed by atoms with van der Waals surface area (Å²) in [5.41, 5.74) is 3.13. The molecule has 22 heavy (non-hydrogen) atoms. The summed E-state index contributed by atoms with van der Waals surface area (Å²) in [6, 6.07) is 11.8. The van der Waals surface area contributed by atoms with E-state index in [-0.39, 0.29) is 5.91 Å². The lowest BCUT2D eigenvalue weighted by Crippen LogP contribution is -2.09.